The number of carbonyl (C=O) groups excluding carboxylic acids is 1. The standard InChI is InChI=1S/C15H10ClN3O/c16-11-6-2-4-8-13(11)19-15(9-17)10-5-1-3-7-12(10)18-14(15)20/h1-8,19H,(H,18,20)/t15-/m1/s1. The molecule has 20 heavy (non-hydrogen) atoms. The molecule has 1 atom stereocenters. The summed E-state index contributed by atoms with van der Waals surface area (Å²) < 4.78 is 0. The van der Waals surface area contributed by atoms with Crippen molar-refractivity contribution in [3.8, 4) is 6.07 Å². The quantitative estimate of drug-likeness (QED) is 0.890. The van der Waals surface area contributed by atoms with Crippen molar-refractivity contribution < 1.29 is 4.79 Å². The number of benzene rings is 2. The lowest BCUT2D eigenvalue weighted by atomic mass is 9.92. The van der Waals surface area contributed by atoms with Crippen molar-refractivity contribution in [2.75, 3.05) is 10.6 Å². The third kappa shape index (κ3) is 1.72. The molecule has 0 aliphatic carbocycles. The average Bonchev–Trinajstić information content (AvgIpc) is 2.74. The molecule has 0 saturated carbocycles. The molecule has 1 amide bonds. The minimum absolute atomic E-state index is 0.402. The fourth-order valence-electron chi connectivity index (χ4n) is 2.29. The molecule has 1 heterocycles. The number of anilines is 2. The molecule has 2 N–H and O–H groups in total. The van der Waals surface area contributed by atoms with Gasteiger partial charge in [0.05, 0.1) is 10.7 Å². The highest BCUT2D eigenvalue weighted by Gasteiger charge is 2.47. The molecule has 0 fully saturated rings. The van der Waals surface area contributed by atoms with Crippen LogP contribution in [0.4, 0.5) is 11.4 Å². The Morgan fingerprint density at radius 3 is 2.60 bits per heavy atom. The number of hydrogen-bond acceptors (Lipinski definition) is 3. The lowest BCUT2D eigenvalue weighted by molar-refractivity contribution is -0.118. The third-order valence-electron chi connectivity index (χ3n) is 3.28. The summed E-state index contributed by atoms with van der Waals surface area (Å²) in [4.78, 5) is 12.3. The topological polar surface area (TPSA) is 64.9 Å². The summed E-state index contributed by atoms with van der Waals surface area (Å²) in [6, 6.07) is 16.2. The second-order valence-electron chi connectivity index (χ2n) is 4.47. The average molecular weight is 284 g/mol. The molecular formula is C15H10ClN3O. The molecule has 0 aromatic heterocycles. The molecule has 0 bridgehead atoms. The van der Waals surface area contributed by atoms with E-state index in [0.717, 1.165) is 0 Å². The summed E-state index contributed by atoms with van der Waals surface area (Å²) in [7, 11) is 0. The molecule has 4 nitrogen and oxygen atoms in total. The summed E-state index contributed by atoms with van der Waals surface area (Å²) in [5.41, 5.74) is 0.329. The molecule has 0 radical (unpaired) electrons. The molecule has 0 saturated heterocycles. The van der Waals surface area contributed by atoms with Crippen LogP contribution in [-0.2, 0) is 10.3 Å². The highest BCUT2D eigenvalue weighted by atomic mass is 35.5. The zero-order valence-electron chi connectivity index (χ0n) is 10.4. The summed E-state index contributed by atoms with van der Waals surface area (Å²) in [5, 5.41) is 15.7. The molecule has 1 aliphatic rings. The van der Waals surface area contributed by atoms with Crippen molar-refractivity contribution in [1.29, 1.82) is 5.26 Å². The molecule has 2 aromatic carbocycles. The Hall–Kier alpha value is -2.51. The van der Waals surface area contributed by atoms with E-state index in [1.165, 1.54) is 0 Å². The minimum atomic E-state index is -1.46. The van der Waals surface area contributed by atoms with Gasteiger partial charge in [-0.05, 0) is 18.2 Å². The van der Waals surface area contributed by atoms with Gasteiger partial charge in [-0.3, -0.25) is 4.79 Å². The Morgan fingerprint density at radius 2 is 1.85 bits per heavy atom. The predicted octanol–water partition coefficient (Wildman–Crippen LogP) is 3.12. The number of nitriles is 1. The van der Waals surface area contributed by atoms with Crippen molar-refractivity contribution in [3.05, 3.63) is 59.1 Å². The van der Waals surface area contributed by atoms with Crippen LogP contribution in [0.5, 0.6) is 0 Å². The van der Waals surface area contributed by atoms with Gasteiger partial charge in [-0.15, -0.1) is 0 Å². The maximum Gasteiger partial charge on any atom is 0.269 e. The fraction of sp³-hybridized carbons (Fsp3) is 0.0667. The second kappa shape index (κ2) is 4.55. The van der Waals surface area contributed by atoms with Gasteiger partial charge in [0.15, 0.2) is 0 Å². The summed E-state index contributed by atoms with van der Waals surface area (Å²) >= 11 is 6.09. The summed E-state index contributed by atoms with van der Waals surface area (Å²) in [5.74, 6) is -0.402. The van der Waals surface area contributed by atoms with E-state index in [4.69, 9.17) is 11.6 Å². The van der Waals surface area contributed by atoms with Gasteiger partial charge >= 0.3 is 0 Å². The van der Waals surface area contributed by atoms with Crippen molar-refractivity contribution in [2.24, 2.45) is 0 Å². The SMILES string of the molecule is N#C[C@]1(Nc2ccccc2Cl)C(=O)Nc2ccccc21. The van der Waals surface area contributed by atoms with E-state index in [0.29, 0.717) is 22.0 Å². The van der Waals surface area contributed by atoms with Crippen LogP contribution in [0, 0.1) is 11.3 Å². The Kier molecular flexibility index (Phi) is 2.85. The van der Waals surface area contributed by atoms with Crippen LogP contribution in [0.3, 0.4) is 0 Å². The van der Waals surface area contributed by atoms with Gasteiger partial charge in [0.25, 0.3) is 5.91 Å². The lowest BCUT2D eigenvalue weighted by Gasteiger charge is -2.22. The van der Waals surface area contributed by atoms with Gasteiger partial charge in [-0.2, -0.15) is 5.26 Å². The number of hydrogen-bond donors (Lipinski definition) is 2. The fourth-order valence-corrected chi connectivity index (χ4v) is 2.47. The van der Waals surface area contributed by atoms with Crippen LogP contribution in [0.15, 0.2) is 48.5 Å². The van der Waals surface area contributed by atoms with Crippen LogP contribution >= 0.6 is 11.6 Å². The van der Waals surface area contributed by atoms with Crippen LogP contribution in [0.1, 0.15) is 5.56 Å². The first-order valence-corrected chi connectivity index (χ1v) is 6.40. The molecule has 1 aliphatic heterocycles. The maximum absolute atomic E-state index is 12.3. The van der Waals surface area contributed by atoms with E-state index in [1.807, 2.05) is 6.07 Å². The van der Waals surface area contributed by atoms with Gasteiger partial charge in [-0.25, -0.2) is 0 Å². The number of nitrogens with one attached hydrogen (secondary N) is 2. The van der Waals surface area contributed by atoms with Crippen LogP contribution in [0.2, 0.25) is 5.02 Å². The first-order valence-electron chi connectivity index (χ1n) is 6.02. The van der Waals surface area contributed by atoms with E-state index < -0.39 is 11.4 Å². The van der Waals surface area contributed by atoms with Gasteiger partial charge in [0.1, 0.15) is 6.07 Å². The highest BCUT2D eigenvalue weighted by Crippen LogP contribution is 2.39. The zero-order valence-corrected chi connectivity index (χ0v) is 11.1. The number of carbonyl (C=O) groups is 1. The number of fused-ring (bicyclic) bond motifs is 1. The molecular weight excluding hydrogens is 274 g/mol. The Balaban J connectivity index is 2.12. The summed E-state index contributed by atoms with van der Waals surface area (Å²) in [6.07, 6.45) is 0. The largest absolute Gasteiger partial charge is 0.355 e. The first kappa shape index (κ1) is 12.5. The Bertz CT molecular complexity index is 738. The van der Waals surface area contributed by atoms with E-state index in [9.17, 15) is 10.1 Å². The number of para-hydroxylation sites is 2. The van der Waals surface area contributed by atoms with Gasteiger partial charge in [0.2, 0.25) is 5.54 Å². The Labute approximate surface area is 121 Å². The van der Waals surface area contributed by atoms with Gasteiger partial charge in [-0.1, -0.05) is 41.9 Å². The number of halogens is 1. The molecule has 0 unspecified atom stereocenters. The molecule has 98 valence electrons. The molecule has 0 spiro atoms. The van der Waals surface area contributed by atoms with Gasteiger partial charge in [0, 0.05) is 11.3 Å². The lowest BCUT2D eigenvalue weighted by Crippen LogP contribution is -2.40. The van der Waals surface area contributed by atoms with E-state index in [1.54, 1.807) is 42.5 Å². The van der Waals surface area contributed by atoms with E-state index in [-0.39, 0.29) is 0 Å². The van der Waals surface area contributed by atoms with E-state index in [2.05, 4.69) is 16.7 Å². The first-order chi connectivity index (χ1) is 9.67. The monoisotopic (exact) mass is 283 g/mol. The predicted molar refractivity (Wildman–Crippen MR) is 77.4 cm³/mol. The normalized spacial score (nSPS) is 19.9. The smallest absolute Gasteiger partial charge is 0.269 e. The maximum atomic E-state index is 12.3. The summed E-state index contributed by atoms with van der Waals surface area (Å²) in [6.45, 7) is 0. The zero-order chi connectivity index (χ0) is 14.2. The van der Waals surface area contributed by atoms with Crippen molar-refractivity contribution in [1.82, 2.24) is 0 Å². The van der Waals surface area contributed by atoms with Crippen molar-refractivity contribution in [2.45, 2.75) is 5.54 Å². The third-order valence-corrected chi connectivity index (χ3v) is 3.61. The van der Waals surface area contributed by atoms with E-state index >= 15 is 0 Å². The van der Waals surface area contributed by atoms with Crippen molar-refractivity contribution >= 4 is 28.9 Å². The Morgan fingerprint density at radius 1 is 1.15 bits per heavy atom. The molecule has 2 aromatic rings. The van der Waals surface area contributed by atoms with Gasteiger partial charge < -0.3 is 10.6 Å². The van der Waals surface area contributed by atoms with Crippen LogP contribution in [0.25, 0.3) is 0 Å². The minimum Gasteiger partial charge on any atom is -0.355 e. The van der Waals surface area contributed by atoms with Crippen LogP contribution < -0.4 is 10.6 Å². The molecule has 3 rings (SSSR count). The van der Waals surface area contributed by atoms with Crippen LogP contribution in [-0.4, -0.2) is 5.91 Å². The number of rotatable bonds is 2. The second-order valence-corrected chi connectivity index (χ2v) is 4.87. The number of amides is 1. The highest BCUT2D eigenvalue weighted by molar-refractivity contribution is 6.33. The molecule has 5 heteroatoms. The van der Waals surface area contributed by atoms with Crippen molar-refractivity contribution in [3.63, 3.8) is 0 Å². The number of nitrogens with zero attached hydrogens (tertiary/aromatic N) is 1.